The summed E-state index contributed by atoms with van der Waals surface area (Å²) in [7, 11) is 0. The summed E-state index contributed by atoms with van der Waals surface area (Å²) in [6, 6.07) is 6.51. The van der Waals surface area contributed by atoms with E-state index < -0.39 is 17.8 Å². The number of amides is 1. The van der Waals surface area contributed by atoms with Crippen LogP contribution in [0.2, 0.25) is 0 Å². The Kier molecular flexibility index (Phi) is 4.75. The molecule has 2 rings (SSSR count). The molecule has 1 aliphatic rings. The number of aliphatic carboxylic acids is 1. The van der Waals surface area contributed by atoms with E-state index in [1.807, 2.05) is 13.0 Å². The van der Waals surface area contributed by atoms with Crippen LogP contribution < -0.4 is 10.4 Å². The Morgan fingerprint density at radius 3 is 2.32 bits per heavy atom. The van der Waals surface area contributed by atoms with Gasteiger partial charge in [0.15, 0.2) is 5.78 Å². The second-order valence-electron chi connectivity index (χ2n) is 5.65. The third-order valence-electron chi connectivity index (χ3n) is 3.95. The minimum absolute atomic E-state index is 0.0530. The smallest absolute Gasteiger partial charge is 0.228 e. The Balaban J connectivity index is 2.10. The van der Waals surface area contributed by atoms with E-state index in [0.717, 1.165) is 5.57 Å². The first-order valence-corrected chi connectivity index (χ1v) is 7.17. The number of carboxylic acid groups (broad SMARTS) is 1. The third kappa shape index (κ3) is 3.61. The lowest BCUT2D eigenvalue weighted by molar-refractivity contribution is -0.313. The highest BCUT2D eigenvalue weighted by molar-refractivity contribution is 5.97. The summed E-state index contributed by atoms with van der Waals surface area (Å²) in [4.78, 5) is 34.7. The molecule has 0 aliphatic heterocycles. The Morgan fingerprint density at radius 2 is 1.77 bits per heavy atom. The average molecular weight is 300 g/mol. The normalized spacial score (nSPS) is 20.9. The van der Waals surface area contributed by atoms with Gasteiger partial charge in [0.25, 0.3) is 0 Å². The number of hydrogen-bond donors (Lipinski definition) is 1. The van der Waals surface area contributed by atoms with Gasteiger partial charge < -0.3 is 15.2 Å². The number of Topliss-reactive ketones (excluding diaryl/α,β-unsaturated/α-hetero) is 1. The lowest BCUT2D eigenvalue weighted by atomic mass is 9.79. The van der Waals surface area contributed by atoms with Gasteiger partial charge in [-0.25, -0.2) is 0 Å². The molecule has 0 heterocycles. The predicted molar refractivity (Wildman–Crippen MR) is 80.1 cm³/mol. The number of anilines is 1. The summed E-state index contributed by atoms with van der Waals surface area (Å²) in [5.41, 5.74) is 2.06. The summed E-state index contributed by atoms with van der Waals surface area (Å²) in [6.07, 6.45) is 2.62. The minimum Gasteiger partial charge on any atom is -0.550 e. The minimum atomic E-state index is -1.19. The number of hydrogen-bond acceptors (Lipinski definition) is 4. The predicted octanol–water partition coefficient (Wildman–Crippen LogP) is 1.55. The Hall–Kier alpha value is -2.43. The zero-order valence-electron chi connectivity index (χ0n) is 12.6. The first kappa shape index (κ1) is 15.9. The summed E-state index contributed by atoms with van der Waals surface area (Å²) < 4.78 is 0. The van der Waals surface area contributed by atoms with Gasteiger partial charge in [-0.1, -0.05) is 11.6 Å². The topological polar surface area (TPSA) is 86.3 Å². The van der Waals surface area contributed by atoms with E-state index in [0.29, 0.717) is 24.1 Å². The van der Waals surface area contributed by atoms with Crippen molar-refractivity contribution >= 4 is 23.3 Å². The van der Waals surface area contributed by atoms with E-state index in [9.17, 15) is 19.5 Å². The molecule has 5 heteroatoms. The van der Waals surface area contributed by atoms with Crippen molar-refractivity contribution in [2.24, 2.45) is 11.8 Å². The molecule has 1 N–H and O–H groups in total. The number of allylic oxidation sites excluding steroid dienone is 2. The first-order valence-electron chi connectivity index (χ1n) is 7.17. The molecule has 1 aromatic rings. The number of carboxylic acids is 1. The molecule has 1 amide bonds. The van der Waals surface area contributed by atoms with Crippen molar-refractivity contribution in [2.45, 2.75) is 26.7 Å². The summed E-state index contributed by atoms with van der Waals surface area (Å²) >= 11 is 0. The van der Waals surface area contributed by atoms with E-state index >= 15 is 0 Å². The van der Waals surface area contributed by atoms with Crippen LogP contribution in [-0.2, 0) is 9.59 Å². The van der Waals surface area contributed by atoms with Gasteiger partial charge >= 0.3 is 0 Å². The second-order valence-corrected chi connectivity index (χ2v) is 5.65. The van der Waals surface area contributed by atoms with Crippen LogP contribution in [0.15, 0.2) is 35.9 Å². The maximum atomic E-state index is 12.3. The maximum Gasteiger partial charge on any atom is 0.228 e. The number of carbonyl (C=O) groups is 3. The first-order chi connectivity index (χ1) is 10.4. The molecular formula is C17H18NO4-. The van der Waals surface area contributed by atoms with Crippen LogP contribution >= 0.6 is 0 Å². The van der Waals surface area contributed by atoms with Crippen LogP contribution in [0.4, 0.5) is 5.69 Å². The zero-order chi connectivity index (χ0) is 16.3. The van der Waals surface area contributed by atoms with Crippen LogP contribution in [-0.4, -0.2) is 17.7 Å². The van der Waals surface area contributed by atoms with Crippen molar-refractivity contribution < 1.29 is 19.5 Å². The maximum absolute atomic E-state index is 12.3. The molecule has 5 nitrogen and oxygen atoms in total. The van der Waals surface area contributed by atoms with Crippen LogP contribution in [0.1, 0.15) is 37.0 Å². The highest BCUT2D eigenvalue weighted by atomic mass is 16.4. The van der Waals surface area contributed by atoms with E-state index in [-0.39, 0.29) is 11.7 Å². The fourth-order valence-electron chi connectivity index (χ4n) is 2.63. The van der Waals surface area contributed by atoms with Gasteiger partial charge in [-0.3, -0.25) is 9.59 Å². The van der Waals surface area contributed by atoms with E-state index in [1.54, 1.807) is 24.3 Å². The van der Waals surface area contributed by atoms with Gasteiger partial charge in [0, 0.05) is 23.1 Å². The van der Waals surface area contributed by atoms with E-state index in [1.165, 1.54) is 6.92 Å². The highest BCUT2D eigenvalue weighted by Gasteiger charge is 2.31. The zero-order valence-corrected chi connectivity index (χ0v) is 12.6. The van der Waals surface area contributed by atoms with Crippen molar-refractivity contribution in [1.82, 2.24) is 0 Å². The Labute approximate surface area is 129 Å². The number of rotatable bonds is 4. The molecule has 0 saturated heterocycles. The summed E-state index contributed by atoms with van der Waals surface area (Å²) in [5.74, 6) is -3.03. The molecular weight excluding hydrogens is 282 g/mol. The summed E-state index contributed by atoms with van der Waals surface area (Å²) in [6.45, 7) is 3.32. The molecule has 0 saturated carbocycles. The van der Waals surface area contributed by atoms with Crippen molar-refractivity contribution in [3.8, 4) is 0 Å². The molecule has 0 aromatic heterocycles. The fraction of sp³-hybridized carbons (Fsp3) is 0.353. The standard InChI is InChI=1S/C17H19NO4/c1-10-3-8-14(15(9-10)17(21)22)16(20)18-13-6-4-12(5-7-13)11(2)19/h3-7,14-15H,8-9H2,1-2H3,(H,18,20)(H,21,22)/p-1/t14-,15-/m1/s1. The van der Waals surface area contributed by atoms with Crippen molar-refractivity contribution in [1.29, 1.82) is 0 Å². The van der Waals surface area contributed by atoms with Crippen molar-refractivity contribution in [3.63, 3.8) is 0 Å². The largest absolute Gasteiger partial charge is 0.550 e. The van der Waals surface area contributed by atoms with Gasteiger partial charge in [-0.15, -0.1) is 0 Å². The number of carbonyl (C=O) groups excluding carboxylic acids is 3. The van der Waals surface area contributed by atoms with Crippen LogP contribution in [0.5, 0.6) is 0 Å². The Bertz CT molecular complexity index is 631. The molecule has 2 atom stereocenters. The quantitative estimate of drug-likeness (QED) is 0.675. The van der Waals surface area contributed by atoms with Crippen molar-refractivity contribution in [3.05, 3.63) is 41.5 Å². The van der Waals surface area contributed by atoms with Gasteiger partial charge in [-0.2, -0.15) is 0 Å². The number of benzene rings is 1. The van der Waals surface area contributed by atoms with Gasteiger partial charge in [0.2, 0.25) is 5.91 Å². The molecule has 0 radical (unpaired) electrons. The SMILES string of the molecule is CC(=O)c1ccc(NC(=O)[C@@H]2CC=C(C)C[C@H]2C(=O)[O-])cc1. The van der Waals surface area contributed by atoms with Crippen LogP contribution in [0.3, 0.4) is 0 Å². The van der Waals surface area contributed by atoms with Gasteiger partial charge in [0.1, 0.15) is 0 Å². The number of nitrogens with one attached hydrogen (secondary N) is 1. The van der Waals surface area contributed by atoms with Crippen LogP contribution in [0, 0.1) is 11.8 Å². The van der Waals surface area contributed by atoms with Gasteiger partial charge in [-0.05, 0) is 51.0 Å². The molecule has 0 fully saturated rings. The molecule has 1 aromatic carbocycles. The lowest BCUT2D eigenvalue weighted by Crippen LogP contribution is -2.42. The number of ketones is 1. The van der Waals surface area contributed by atoms with Crippen LogP contribution in [0.25, 0.3) is 0 Å². The molecule has 116 valence electrons. The summed E-state index contributed by atoms with van der Waals surface area (Å²) in [5, 5.41) is 13.9. The molecule has 1 aliphatic carbocycles. The fourth-order valence-corrected chi connectivity index (χ4v) is 2.63. The van der Waals surface area contributed by atoms with Gasteiger partial charge in [0.05, 0.1) is 5.92 Å². The average Bonchev–Trinajstić information content (AvgIpc) is 2.47. The van der Waals surface area contributed by atoms with E-state index in [2.05, 4.69) is 5.32 Å². The lowest BCUT2D eigenvalue weighted by Gasteiger charge is -2.30. The molecule has 22 heavy (non-hydrogen) atoms. The Morgan fingerprint density at radius 1 is 1.14 bits per heavy atom. The van der Waals surface area contributed by atoms with Crippen molar-refractivity contribution in [2.75, 3.05) is 5.32 Å². The van der Waals surface area contributed by atoms with E-state index in [4.69, 9.17) is 0 Å². The monoisotopic (exact) mass is 300 g/mol. The molecule has 0 unspecified atom stereocenters. The highest BCUT2D eigenvalue weighted by Crippen LogP contribution is 2.30. The molecule has 0 bridgehead atoms. The third-order valence-corrected chi connectivity index (χ3v) is 3.95. The second kappa shape index (κ2) is 6.56. The molecule has 0 spiro atoms.